The summed E-state index contributed by atoms with van der Waals surface area (Å²) in [5.74, 6) is 1.08. The Labute approximate surface area is 185 Å². The van der Waals surface area contributed by atoms with Gasteiger partial charge in [0.05, 0.1) is 0 Å². The van der Waals surface area contributed by atoms with E-state index < -0.39 is 0 Å². The molecule has 0 bridgehead atoms. The maximum Gasteiger partial charge on any atom is 0.140 e. The van der Waals surface area contributed by atoms with Gasteiger partial charge in [-0.15, -0.1) is 0 Å². The van der Waals surface area contributed by atoms with E-state index in [0.29, 0.717) is 0 Å². The standard InChI is InChI=1S/C27H45N3/c1-3-4-5-6-7-8-9-10-11-12-13-14-15-16-17-18-23-30-25(2)24-29-27(30)26-19-21-28-22-20-26/h19-22,24H,3-18,23H2,1-2H3. The van der Waals surface area contributed by atoms with Gasteiger partial charge in [-0.25, -0.2) is 4.98 Å². The van der Waals surface area contributed by atoms with Crippen molar-refractivity contribution in [3.05, 3.63) is 36.4 Å². The minimum absolute atomic E-state index is 1.07. The van der Waals surface area contributed by atoms with Crippen molar-refractivity contribution in [3.63, 3.8) is 0 Å². The van der Waals surface area contributed by atoms with Crippen LogP contribution < -0.4 is 0 Å². The quantitative estimate of drug-likeness (QED) is 0.230. The second-order valence-corrected chi connectivity index (χ2v) is 8.91. The summed E-state index contributed by atoms with van der Waals surface area (Å²) in [5.41, 5.74) is 2.41. The molecule has 0 amide bonds. The van der Waals surface area contributed by atoms with Crippen LogP contribution in [0.3, 0.4) is 0 Å². The Morgan fingerprint density at radius 1 is 0.667 bits per heavy atom. The summed E-state index contributed by atoms with van der Waals surface area (Å²) in [6, 6.07) is 4.10. The molecule has 2 rings (SSSR count). The normalized spacial score (nSPS) is 11.3. The highest BCUT2D eigenvalue weighted by atomic mass is 15.1. The van der Waals surface area contributed by atoms with E-state index >= 15 is 0 Å². The summed E-state index contributed by atoms with van der Waals surface area (Å²) >= 11 is 0. The molecule has 0 aliphatic rings. The number of imidazole rings is 1. The monoisotopic (exact) mass is 411 g/mol. The molecule has 0 unspecified atom stereocenters. The van der Waals surface area contributed by atoms with E-state index in [2.05, 4.69) is 28.4 Å². The van der Waals surface area contributed by atoms with E-state index in [1.54, 1.807) is 0 Å². The summed E-state index contributed by atoms with van der Waals surface area (Å²) in [6.45, 7) is 5.52. The zero-order valence-electron chi connectivity index (χ0n) is 19.7. The molecule has 0 fully saturated rings. The number of hydrogen-bond donors (Lipinski definition) is 0. The van der Waals surface area contributed by atoms with Crippen LogP contribution in [0.2, 0.25) is 0 Å². The average molecular weight is 412 g/mol. The molecule has 0 aliphatic carbocycles. The highest BCUT2D eigenvalue weighted by molar-refractivity contribution is 5.54. The molecule has 3 heteroatoms. The molecule has 3 nitrogen and oxygen atoms in total. The molecular weight excluding hydrogens is 366 g/mol. The average Bonchev–Trinajstić information content (AvgIpc) is 3.14. The Morgan fingerprint density at radius 2 is 1.13 bits per heavy atom. The molecule has 0 saturated carbocycles. The van der Waals surface area contributed by atoms with Gasteiger partial charge in [-0.1, -0.05) is 103 Å². The van der Waals surface area contributed by atoms with Crippen LogP contribution in [0.25, 0.3) is 11.4 Å². The first kappa shape index (κ1) is 24.6. The Balaban J connectivity index is 1.43. The number of pyridine rings is 1. The van der Waals surface area contributed by atoms with Crippen LogP contribution in [0.4, 0.5) is 0 Å². The van der Waals surface area contributed by atoms with Crippen LogP contribution in [0.5, 0.6) is 0 Å². The minimum Gasteiger partial charge on any atom is -0.328 e. The second kappa shape index (κ2) is 16.1. The summed E-state index contributed by atoms with van der Waals surface area (Å²) < 4.78 is 2.36. The van der Waals surface area contributed by atoms with E-state index in [1.165, 1.54) is 108 Å². The lowest BCUT2D eigenvalue weighted by molar-refractivity contribution is 0.520. The Hall–Kier alpha value is -1.64. The minimum atomic E-state index is 1.07. The first-order valence-corrected chi connectivity index (χ1v) is 12.8. The third kappa shape index (κ3) is 9.91. The first-order chi connectivity index (χ1) is 14.8. The van der Waals surface area contributed by atoms with Crippen LogP contribution in [0, 0.1) is 6.92 Å². The zero-order chi connectivity index (χ0) is 21.3. The summed E-state index contributed by atoms with van der Waals surface area (Å²) in [5, 5.41) is 0. The maximum atomic E-state index is 4.61. The summed E-state index contributed by atoms with van der Waals surface area (Å²) in [7, 11) is 0. The van der Waals surface area contributed by atoms with Gasteiger partial charge in [-0.3, -0.25) is 4.98 Å². The summed E-state index contributed by atoms with van der Waals surface area (Å²) in [4.78, 5) is 8.73. The number of nitrogens with zero attached hydrogens (tertiary/aromatic N) is 3. The number of aryl methyl sites for hydroxylation is 1. The van der Waals surface area contributed by atoms with Crippen molar-refractivity contribution >= 4 is 0 Å². The number of rotatable bonds is 18. The highest BCUT2D eigenvalue weighted by Gasteiger charge is 2.08. The third-order valence-corrected chi connectivity index (χ3v) is 6.23. The van der Waals surface area contributed by atoms with Crippen LogP contribution in [-0.2, 0) is 6.54 Å². The second-order valence-electron chi connectivity index (χ2n) is 8.91. The number of hydrogen-bond acceptors (Lipinski definition) is 2. The van der Waals surface area contributed by atoms with Crippen molar-refractivity contribution in [2.45, 2.75) is 123 Å². The molecule has 168 valence electrons. The largest absolute Gasteiger partial charge is 0.328 e. The van der Waals surface area contributed by atoms with E-state index in [0.717, 1.165) is 17.9 Å². The van der Waals surface area contributed by atoms with Crippen LogP contribution in [-0.4, -0.2) is 14.5 Å². The molecule has 0 N–H and O–H groups in total. The molecule has 0 aromatic carbocycles. The highest BCUT2D eigenvalue weighted by Crippen LogP contribution is 2.20. The first-order valence-electron chi connectivity index (χ1n) is 12.8. The van der Waals surface area contributed by atoms with Gasteiger partial charge >= 0.3 is 0 Å². The van der Waals surface area contributed by atoms with Gasteiger partial charge in [0.2, 0.25) is 0 Å². The Bertz CT molecular complexity index is 647. The van der Waals surface area contributed by atoms with E-state index in [9.17, 15) is 0 Å². The van der Waals surface area contributed by atoms with Crippen molar-refractivity contribution in [1.82, 2.24) is 14.5 Å². The Kier molecular flexibility index (Phi) is 13.2. The fourth-order valence-corrected chi connectivity index (χ4v) is 4.29. The molecular formula is C27H45N3. The lowest BCUT2D eigenvalue weighted by Crippen LogP contribution is -2.03. The lowest BCUT2D eigenvalue weighted by atomic mass is 10.0. The van der Waals surface area contributed by atoms with Gasteiger partial charge in [-0.05, 0) is 25.5 Å². The molecule has 2 aromatic heterocycles. The van der Waals surface area contributed by atoms with Gasteiger partial charge in [-0.2, -0.15) is 0 Å². The lowest BCUT2D eigenvalue weighted by Gasteiger charge is -2.10. The van der Waals surface area contributed by atoms with Gasteiger partial charge in [0.15, 0.2) is 0 Å². The van der Waals surface area contributed by atoms with E-state index in [4.69, 9.17) is 0 Å². The molecule has 30 heavy (non-hydrogen) atoms. The van der Waals surface area contributed by atoms with Gasteiger partial charge in [0, 0.05) is 36.4 Å². The van der Waals surface area contributed by atoms with E-state index in [1.807, 2.05) is 30.7 Å². The fourth-order valence-electron chi connectivity index (χ4n) is 4.29. The molecule has 0 saturated heterocycles. The number of unbranched alkanes of at least 4 members (excludes halogenated alkanes) is 15. The topological polar surface area (TPSA) is 30.7 Å². The van der Waals surface area contributed by atoms with Gasteiger partial charge < -0.3 is 4.57 Å². The fraction of sp³-hybridized carbons (Fsp3) is 0.704. The van der Waals surface area contributed by atoms with Gasteiger partial charge in [0.1, 0.15) is 5.82 Å². The maximum absolute atomic E-state index is 4.61. The molecule has 2 aromatic rings. The van der Waals surface area contributed by atoms with Crippen LogP contribution >= 0.6 is 0 Å². The molecule has 0 atom stereocenters. The van der Waals surface area contributed by atoms with Crippen LogP contribution in [0.1, 0.15) is 115 Å². The van der Waals surface area contributed by atoms with E-state index in [-0.39, 0.29) is 0 Å². The van der Waals surface area contributed by atoms with Crippen molar-refractivity contribution in [2.24, 2.45) is 0 Å². The molecule has 0 radical (unpaired) electrons. The predicted molar refractivity (Wildman–Crippen MR) is 130 cm³/mol. The van der Waals surface area contributed by atoms with Crippen molar-refractivity contribution in [3.8, 4) is 11.4 Å². The SMILES string of the molecule is CCCCCCCCCCCCCCCCCCn1c(C)cnc1-c1ccncc1. The van der Waals surface area contributed by atoms with Crippen molar-refractivity contribution < 1.29 is 0 Å². The van der Waals surface area contributed by atoms with Crippen molar-refractivity contribution in [1.29, 1.82) is 0 Å². The molecule has 2 heterocycles. The zero-order valence-corrected chi connectivity index (χ0v) is 19.7. The molecule has 0 spiro atoms. The predicted octanol–water partition coefficient (Wildman–Crippen LogP) is 8.52. The third-order valence-electron chi connectivity index (χ3n) is 6.23. The Morgan fingerprint density at radius 3 is 1.63 bits per heavy atom. The van der Waals surface area contributed by atoms with Gasteiger partial charge in [0.25, 0.3) is 0 Å². The molecule has 0 aliphatic heterocycles. The van der Waals surface area contributed by atoms with Crippen molar-refractivity contribution in [2.75, 3.05) is 0 Å². The smallest absolute Gasteiger partial charge is 0.140 e. The van der Waals surface area contributed by atoms with Crippen LogP contribution in [0.15, 0.2) is 30.7 Å². The number of aromatic nitrogens is 3. The summed E-state index contributed by atoms with van der Waals surface area (Å²) in [6.07, 6.45) is 28.3.